The van der Waals surface area contributed by atoms with Crippen LogP contribution in [0.2, 0.25) is 0 Å². The summed E-state index contributed by atoms with van der Waals surface area (Å²) in [6.07, 6.45) is 7.88. The fourth-order valence-corrected chi connectivity index (χ4v) is 3.63. The van der Waals surface area contributed by atoms with E-state index in [1.807, 2.05) is 0 Å². The number of amides is 1. The summed E-state index contributed by atoms with van der Waals surface area (Å²) >= 11 is 0. The van der Waals surface area contributed by atoms with Crippen molar-refractivity contribution in [2.24, 2.45) is 11.8 Å². The highest BCUT2D eigenvalue weighted by Gasteiger charge is 2.36. The van der Waals surface area contributed by atoms with Gasteiger partial charge in [0, 0.05) is 25.0 Å². The van der Waals surface area contributed by atoms with E-state index < -0.39 is 0 Å². The van der Waals surface area contributed by atoms with Crippen molar-refractivity contribution in [2.75, 3.05) is 19.6 Å². The molecule has 2 rings (SSSR count). The van der Waals surface area contributed by atoms with Gasteiger partial charge in [-0.2, -0.15) is 0 Å². The lowest BCUT2D eigenvalue weighted by Crippen LogP contribution is -2.44. The maximum Gasteiger partial charge on any atom is 0.226 e. The smallest absolute Gasteiger partial charge is 0.226 e. The quantitative estimate of drug-likeness (QED) is 0.815. The summed E-state index contributed by atoms with van der Waals surface area (Å²) < 4.78 is 0. The topological polar surface area (TPSA) is 32.3 Å². The van der Waals surface area contributed by atoms with Crippen LogP contribution in [0.4, 0.5) is 0 Å². The number of hydrogen-bond donors (Lipinski definition) is 1. The van der Waals surface area contributed by atoms with E-state index >= 15 is 0 Å². The second-order valence-corrected chi connectivity index (χ2v) is 5.99. The number of carbonyl (C=O) groups is 1. The number of hydrogen-bond acceptors (Lipinski definition) is 2. The number of nitrogens with zero attached hydrogens (tertiary/aromatic N) is 1. The summed E-state index contributed by atoms with van der Waals surface area (Å²) in [5.74, 6) is 1.31. The van der Waals surface area contributed by atoms with Crippen LogP contribution in [-0.2, 0) is 4.79 Å². The van der Waals surface area contributed by atoms with Gasteiger partial charge in [-0.15, -0.1) is 0 Å². The largest absolute Gasteiger partial charge is 0.339 e. The van der Waals surface area contributed by atoms with Crippen molar-refractivity contribution in [3.05, 3.63) is 0 Å². The molecule has 1 saturated carbocycles. The van der Waals surface area contributed by atoms with Gasteiger partial charge in [0.25, 0.3) is 0 Å². The van der Waals surface area contributed by atoms with Crippen molar-refractivity contribution < 1.29 is 4.79 Å². The van der Waals surface area contributed by atoms with Crippen molar-refractivity contribution in [1.82, 2.24) is 10.2 Å². The van der Waals surface area contributed by atoms with E-state index in [9.17, 15) is 4.79 Å². The van der Waals surface area contributed by atoms with Gasteiger partial charge in [-0.05, 0) is 38.1 Å². The highest BCUT2D eigenvalue weighted by Crippen LogP contribution is 2.35. The van der Waals surface area contributed by atoms with Gasteiger partial charge in [-0.1, -0.05) is 26.7 Å². The second-order valence-electron chi connectivity index (χ2n) is 5.99. The molecule has 1 aliphatic carbocycles. The first-order valence-electron chi connectivity index (χ1n) is 7.75. The van der Waals surface area contributed by atoms with Gasteiger partial charge in [-0.3, -0.25) is 4.79 Å². The first kappa shape index (κ1) is 13.9. The Balaban J connectivity index is 1.91. The molecule has 2 aliphatic rings. The van der Waals surface area contributed by atoms with Gasteiger partial charge in [0.2, 0.25) is 5.91 Å². The Morgan fingerprint density at radius 1 is 1.28 bits per heavy atom. The van der Waals surface area contributed by atoms with Crippen LogP contribution in [0.25, 0.3) is 0 Å². The standard InChI is InChI=1S/C15H28N2O/c1-3-16-11-12(2)15(18)17-10-6-9-14(17)13-7-4-5-8-13/h12-14,16H,3-11H2,1-2H3. The third kappa shape index (κ3) is 3.05. The summed E-state index contributed by atoms with van der Waals surface area (Å²) in [5.41, 5.74) is 0. The van der Waals surface area contributed by atoms with Crippen molar-refractivity contribution in [3.63, 3.8) is 0 Å². The van der Waals surface area contributed by atoms with Crippen molar-refractivity contribution in [3.8, 4) is 0 Å². The lowest BCUT2D eigenvalue weighted by atomic mass is 9.95. The monoisotopic (exact) mass is 252 g/mol. The summed E-state index contributed by atoms with van der Waals surface area (Å²) in [4.78, 5) is 14.7. The molecule has 2 atom stereocenters. The molecule has 0 aromatic heterocycles. The van der Waals surface area contributed by atoms with Crippen LogP contribution in [-0.4, -0.2) is 36.5 Å². The SMILES string of the molecule is CCNCC(C)C(=O)N1CCCC1C1CCCC1. The molecule has 18 heavy (non-hydrogen) atoms. The van der Waals surface area contributed by atoms with Crippen LogP contribution in [0.15, 0.2) is 0 Å². The lowest BCUT2D eigenvalue weighted by Gasteiger charge is -2.31. The number of rotatable bonds is 5. The average Bonchev–Trinajstić information content (AvgIpc) is 3.03. The molecule has 1 amide bonds. The molecule has 0 radical (unpaired) electrons. The van der Waals surface area contributed by atoms with Crippen molar-refractivity contribution >= 4 is 5.91 Å². The van der Waals surface area contributed by atoms with Crippen LogP contribution in [0.1, 0.15) is 52.4 Å². The molecule has 2 unspecified atom stereocenters. The van der Waals surface area contributed by atoms with Crippen LogP contribution >= 0.6 is 0 Å². The molecule has 1 N–H and O–H groups in total. The molecule has 1 saturated heterocycles. The molecule has 3 heteroatoms. The highest BCUT2D eigenvalue weighted by molar-refractivity contribution is 5.79. The third-order valence-electron chi connectivity index (χ3n) is 4.65. The van der Waals surface area contributed by atoms with Gasteiger partial charge < -0.3 is 10.2 Å². The fourth-order valence-electron chi connectivity index (χ4n) is 3.63. The number of carbonyl (C=O) groups excluding carboxylic acids is 1. The van der Waals surface area contributed by atoms with Crippen molar-refractivity contribution in [1.29, 1.82) is 0 Å². The molecule has 0 aromatic rings. The zero-order valence-electron chi connectivity index (χ0n) is 12.0. The zero-order chi connectivity index (χ0) is 13.0. The first-order valence-corrected chi connectivity index (χ1v) is 7.75. The lowest BCUT2D eigenvalue weighted by molar-refractivity contribution is -0.136. The van der Waals surface area contributed by atoms with Crippen LogP contribution in [0.5, 0.6) is 0 Å². The highest BCUT2D eigenvalue weighted by atomic mass is 16.2. The van der Waals surface area contributed by atoms with E-state index in [2.05, 4.69) is 24.1 Å². The third-order valence-corrected chi connectivity index (χ3v) is 4.65. The average molecular weight is 252 g/mol. The molecule has 0 aromatic carbocycles. The Hall–Kier alpha value is -0.570. The summed E-state index contributed by atoms with van der Waals surface area (Å²) in [5, 5.41) is 3.29. The maximum atomic E-state index is 12.5. The molecule has 0 spiro atoms. The fraction of sp³-hybridized carbons (Fsp3) is 0.933. The Bertz CT molecular complexity index is 274. The predicted molar refractivity (Wildman–Crippen MR) is 74.4 cm³/mol. The number of nitrogens with one attached hydrogen (secondary N) is 1. The number of likely N-dealkylation sites (tertiary alicyclic amines) is 1. The Morgan fingerprint density at radius 2 is 2.00 bits per heavy atom. The van der Waals surface area contributed by atoms with Gasteiger partial charge >= 0.3 is 0 Å². The first-order chi connectivity index (χ1) is 8.74. The van der Waals surface area contributed by atoms with E-state index in [1.165, 1.54) is 38.5 Å². The molecule has 104 valence electrons. The summed E-state index contributed by atoms with van der Waals surface area (Å²) in [7, 11) is 0. The summed E-state index contributed by atoms with van der Waals surface area (Å²) in [6.45, 7) is 6.92. The van der Waals surface area contributed by atoms with E-state index in [4.69, 9.17) is 0 Å². The minimum atomic E-state index is 0.131. The molecular weight excluding hydrogens is 224 g/mol. The maximum absolute atomic E-state index is 12.5. The van der Waals surface area contributed by atoms with Crippen LogP contribution in [0.3, 0.4) is 0 Å². The molecule has 0 bridgehead atoms. The van der Waals surface area contributed by atoms with Crippen LogP contribution < -0.4 is 5.32 Å². The van der Waals surface area contributed by atoms with E-state index in [1.54, 1.807) is 0 Å². The molecule has 1 aliphatic heterocycles. The Kier molecular flexibility index (Phi) is 5.04. The van der Waals surface area contributed by atoms with Gasteiger partial charge in [0.05, 0.1) is 0 Å². The van der Waals surface area contributed by atoms with Gasteiger partial charge in [0.1, 0.15) is 0 Å². The molecule has 2 fully saturated rings. The van der Waals surface area contributed by atoms with E-state index in [0.717, 1.165) is 25.6 Å². The normalized spacial score (nSPS) is 26.8. The Morgan fingerprint density at radius 3 is 2.67 bits per heavy atom. The van der Waals surface area contributed by atoms with Crippen molar-refractivity contribution in [2.45, 2.75) is 58.4 Å². The Labute approximate surface area is 111 Å². The minimum absolute atomic E-state index is 0.131. The van der Waals surface area contributed by atoms with Crippen LogP contribution in [0, 0.1) is 11.8 Å². The van der Waals surface area contributed by atoms with Gasteiger partial charge in [-0.25, -0.2) is 0 Å². The summed E-state index contributed by atoms with van der Waals surface area (Å²) in [6, 6.07) is 0.559. The predicted octanol–water partition coefficient (Wildman–Crippen LogP) is 2.41. The molecule has 1 heterocycles. The van der Waals surface area contributed by atoms with Gasteiger partial charge in [0.15, 0.2) is 0 Å². The molecule has 3 nitrogen and oxygen atoms in total. The second kappa shape index (κ2) is 6.55. The molecular formula is C15H28N2O. The minimum Gasteiger partial charge on any atom is -0.339 e. The van der Waals surface area contributed by atoms with E-state index in [-0.39, 0.29) is 5.92 Å². The zero-order valence-corrected chi connectivity index (χ0v) is 12.0. The van der Waals surface area contributed by atoms with E-state index in [0.29, 0.717) is 11.9 Å².